The van der Waals surface area contributed by atoms with Gasteiger partial charge >= 0.3 is 5.97 Å². The first-order valence-corrected chi connectivity index (χ1v) is 11.0. The number of ketones is 1. The average molecular weight is 485 g/mol. The Morgan fingerprint density at radius 2 is 1.77 bits per heavy atom. The van der Waals surface area contributed by atoms with Gasteiger partial charge in [-0.15, -0.1) is 0 Å². The zero-order chi connectivity index (χ0) is 25.3. The summed E-state index contributed by atoms with van der Waals surface area (Å²) in [6, 6.07) is 7.29. The standard InChI is InChI=1S/C25H25F2N3O5/c1-29-14-17(22(31)24(33)35-3)20-18(29)12-19(34-2)21(28-20)23(32)30-10-8-25(27,9-11-30)13-15-4-6-16(26)7-5-15/h4-7,12,14H,8-11,13H2,1-3H3. The second-order valence-corrected chi connectivity index (χ2v) is 8.63. The first-order valence-electron chi connectivity index (χ1n) is 11.0. The molecule has 1 saturated heterocycles. The monoisotopic (exact) mass is 485 g/mol. The van der Waals surface area contributed by atoms with Crippen LogP contribution in [0.25, 0.3) is 11.0 Å². The number of likely N-dealkylation sites (tertiary alicyclic amines) is 1. The second kappa shape index (κ2) is 9.44. The van der Waals surface area contributed by atoms with Gasteiger partial charge in [-0.2, -0.15) is 0 Å². The van der Waals surface area contributed by atoms with Crippen LogP contribution >= 0.6 is 0 Å². The van der Waals surface area contributed by atoms with Crippen molar-refractivity contribution in [3.63, 3.8) is 0 Å². The molecule has 1 fully saturated rings. The number of piperidine rings is 1. The molecule has 10 heteroatoms. The Bertz CT molecular complexity index is 1290. The maximum Gasteiger partial charge on any atom is 0.379 e. The number of pyridine rings is 1. The lowest BCUT2D eigenvalue weighted by atomic mass is 9.87. The largest absolute Gasteiger partial charge is 0.494 e. The number of hydrogen-bond donors (Lipinski definition) is 0. The van der Waals surface area contributed by atoms with Gasteiger partial charge in [0.2, 0.25) is 0 Å². The summed E-state index contributed by atoms with van der Waals surface area (Å²) in [6.07, 6.45) is 1.79. The number of benzene rings is 1. The summed E-state index contributed by atoms with van der Waals surface area (Å²) in [4.78, 5) is 43.5. The summed E-state index contributed by atoms with van der Waals surface area (Å²) in [5.41, 5.74) is -0.196. The van der Waals surface area contributed by atoms with E-state index in [9.17, 15) is 18.8 Å². The van der Waals surface area contributed by atoms with Crippen LogP contribution in [0, 0.1) is 5.82 Å². The van der Waals surface area contributed by atoms with Crippen LogP contribution in [-0.2, 0) is 23.0 Å². The molecule has 0 spiro atoms. The molecule has 1 amide bonds. The summed E-state index contributed by atoms with van der Waals surface area (Å²) in [7, 11) is 4.17. The van der Waals surface area contributed by atoms with Crippen LogP contribution in [0.1, 0.15) is 39.3 Å². The number of ether oxygens (including phenoxy) is 2. The molecule has 0 aliphatic carbocycles. The highest BCUT2D eigenvalue weighted by atomic mass is 19.1. The van der Waals surface area contributed by atoms with Gasteiger partial charge in [0.15, 0.2) is 11.4 Å². The zero-order valence-corrected chi connectivity index (χ0v) is 19.6. The smallest absolute Gasteiger partial charge is 0.379 e. The minimum atomic E-state index is -1.52. The van der Waals surface area contributed by atoms with Crippen molar-refractivity contribution in [3.8, 4) is 5.75 Å². The van der Waals surface area contributed by atoms with Gasteiger partial charge in [0, 0.05) is 38.8 Å². The van der Waals surface area contributed by atoms with Crippen molar-refractivity contribution >= 4 is 28.7 Å². The highest BCUT2D eigenvalue weighted by molar-refractivity contribution is 6.42. The van der Waals surface area contributed by atoms with E-state index >= 15 is 4.39 Å². The van der Waals surface area contributed by atoms with Crippen molar-refractivity contribution in [2.24, 2.45) is 7.05 Å². The molecule has 0 N–H and O–H groups in total. The predicted molar refractivity (Wildman–Crippen MR) is 123 cm³/mol. The number of nitrogens with zero attached hydrogens (tertiary/aromatic N) is 3. The SMILES string of the molecule is COC(=O)C(=O)c1cn(C)c2cc(OC)c(C(=O)N3CCC(F)(Cc4ccc(F)cc4)CC3)nc12. The van der Waals surface area contributed by atoms with E-state index in [2.05, 4.69) is 9.72 Å². The number of hydrogen-bond acceptors (Lipinski definition) is 6. The number of aryl methyl sites for hydroxylation is 1. The molecule has 0 unspecified atom stereocenters. The number of esters is 1. The van der Waals surface area contributed by atoms with Gasteiger partial charge < -0.3 is 18.9 Å². The Hall–Kier alpha value is -3.82. The van der Waals surface area contributed by atoms with Crippen molar-refractivity contribution in [3.05, 3.63) is 59.2 Å². The molecule has 2 aromatic heterocycles. The van der Waals surface area contributed by atoms with Gasteiger partial charge in [0.1, 0.15) is 17.0 Å². The number of rotatable bonds is 6. The number of amides is 1. The number of halogens is 2. The minimum Gasteiger partial charge on any atom is -0.494 e. The molecular weight excluding hydrogens is 460 g/mol. The van der Waals surface area contributed by atoms with E-state index in [0.717, 1.165) is 7.11 Å². The molecule has 3 heterocycles. The van der Waals surface area contributed by atoms with E-state index in [0.29, 0.717) is 11.1 Å². The van der Waals surface area contributed by atoms with Gasteiger partial charge in [-0.05, 0) is 30.5 Å². The van der Waals surface area contributed by atoms with Crippen molar-refractivity contribution in [1.29, 1.82) is 0 Å². The van der Waals surface area contributed by atoms with Crippen molar-refractivity contribution in [2.75, 3.05) is 27.3 Å². The Balaban J connectivity index is 1.58. The molecule has 3 aromatic rings. The zero-order valence-electron chi connectivity index (χ0n) is 19.6. The summed E-state index contributed by atoms with van der Waals surface area (Å²) in [5, 5.41) is 0. The van der Waals surface area contributed by atoms with Crippen LogP contribution in [0.2, 0.25) is 0 Å². The minimum absolute atomic E-state index is 0.00627. The Morgan fingerprint density at radius 3 is 2.37 bits per heavy atom. The molecule has 0 atom stereocenters. The number of alkyl halides is 1. The summed E-state index contributed by atoms with van der Waals surface area (Å²) in [5.74, 6) is -2.57. The third-order valence-electron chi connectivity index (χ3n) is 6.34. The Morgan fingerprint density at radius 1 is 1.11 bits per heavy atom. The molecule has 1 aromatic carbocycles. The third-order valence-corrected chi connectivity index (χ3v) is 6.34. The molecule has 1 aliphatic heterocycles. The normalized spacial score (nSPS) is 15.2. The van der Waals surface area contributed by atoms with Crippen LogP contribution in [0.3, 0.4) is 0 Å². The maximum absolute atomic E-state index is 15.4. The quantitative estimate of drug-likeness (QED) is 0.303. The van der Waals surface area contributed by atoms with Gasteiger partial charge in [0.05, 0.1) is 25.3 Å². The van der Waals surface area contributed by atoms with Gasteiger partial charge in [-0.25, -0.2) is 18.6 Å². The molecule has 8 nitrogen and oxygen atoms in total. The van der Waals surface area contributed by atoms with Crippen molar-refractivity contribution in [1.82, 2.24) is 14.5 Å². The predicted octanol–water partition coefficient (Wildman–Crippen LogP) is 3.26. The lowest BCUT2D eigenvalue weighted by Crippen LogP contribution is -2.45. The highest BCUT2D eigenvalue weighted by Crippen LogP contribution is 2.33. The molecule has 1 aliphatic rings. The van der Waals surface area contributed by atoms with Crippen LogP contribution in [0.5, 0.6) is 5.75 Å². The van der Waals surface area contributed by atoms with E-state index < -0.39 is 23.3 Å². The first kappa shape index (κ1) is 24.3. The molecular formula is C25H25F2N3O5. The fraction of sp³-hybridized carbons (Fsp3) is 0.360. The van der Waals surface area contributed by atoms with Gasteiger partial charge in [-0.1, -0.05) is 12.1 Å². The summed E-state index contributed by atoms with van der Waals surface area (Å²) < 4.78 is 40.1. The average Bonchev–Trinajstić information content (AvgIpc) is 3.18. The second-order valence-electron chi connectivity index (χ2n) is 8.63. The van der Waals surface area contributed by atoms with E-state index in [1.165, 1.54) is 30.3 Å². The molecule has 0 bridgehead atoms. The summed E-state index contributed by atoms with van der Waals surface area (Å²) >= 11 is 0. The number of methoxy groups -OCH3 is 2. The van der Waals surface area contributed by atoms with E-state index in [1.54, 1.807) is 29.8 Å². The van der Waals surface area contributed by atoms with Crippen molar-refractivity contribution < 1.29 is 32.6 Å². The molecule has 0 saturated carbocycles. The Kier molecular flexibility index (Phi) is 6.56. The van der Waals surface area contributed by atoms with Crippen molar-refractivity contribution in [2.45, 2.75) is 24.9 Å². The maximum atomic E-state index is 15.4. The number of carbonyl (C=O) groups excluding carboxylic acids is 3. The molecule has 4 rings (SSSR count). The lowest BCUT2D eigenvalue weighted by molar-refractivity contribution is -0.135. The topological polar surface area (TPSA) is 90.7 Å². The van der Waals surface area contributed by atoms with Crippen LogP contribution in [0.15, 0.2) is 36.5 Å². The first-order chi connectivity index (χ1) is 16.7. The van der Waals surface area contributed by atoms with Gasteiger partial charge in [0.25, 0.3) is 11.7 Å². The van der Waals surface area contributed by atoms with Gasteiger partial charge in [-0.3, -0.25) is 9.59 Å². The third kappa shape index (κ3) is 4.73. The van der Waals surface area contributed by atoms with E-state index in [4.69, 9.17) is 4.74 Å². The molecule has 35 heavy (non-hydrogen) atoms. The molecule has 0 radical (unpaired) electrons. The number of carbonyl (C=O) groups is 3. The fourth-order valence-electron chi connectivity index (χ4n) is 4.36. The number of aromatic nitrogens is 2. The summed E-state index contributed by atoms with van der Waals surface area (Å²) in [6.45, 7) is 0.310. The lowest BCUT2D eigenvalue weighted by Gasteiger charge is -2.36. The number of Topliss-reactive ketones (excluding diaryl/α,β-unsaturated/α-hetero) is 1. The number of fused-ring (bicyclic) bond motifs is 1. The van der Waals surface area contributed by atoms with Crippen LogP contribution in [0.4, 0.5) is 8.78 Å². The van der Waals surface area contributed by atoms with E-state index in [-0.39, 0.29) is 60.7 Å². The highest BCUT2D eigenvalue weighted by Gasteiger charge is 2.37. The molecule has 184 valence electrons. The fourth-order valence-corrected chi connectivity index (χ4v) is 4.36. The van der Waals surface area contributed by atoms with Crippen LogP contribution < -0.4 is 4.74 Å². The van der Waals surface area contributed by atoms with Crippen LogP contribution in [-0.4, -0.2) is 65.1 Å². The van der Waals surface area contributed by atoms with E-state index in [1.807, 2.05) is 0 Å². The Labute approximate surface area is 200 Å².